The summed E-state index contributed by atoms with van der Waals surface area (Å²) in [5.41, 5.74) is 2.63. The second-order valence-corrected chi connectivity index (χ2v) is 2.67. The minimum Gasteiger partial charge on any atom is -0.313 e. The van der Waals surface area contributed by atoms with Gasteiger partial charge in [0.05, 0.1) is 6.20 Å². The SMILES string of the molecule is C1=C(c2cn[nH]c2)CCNC1. The molecule has 0 fully saturated rings. The highest BCUT2D eigenvalue weighted by Crippen LogP contribution is 2.17. The predicted molar refractivity (Wildman–Crippen MR) is 44.1 cm³/mol. The van der Waals surface area contributed by atoms with Gasteiger partial charge in [-0.05, 0) is 18.5 Å². The number of nitrogens with zero attached hydrogens (tertiary/aromatic N) is 1. The highest BCUT2D eigenvalue weighted by atomic mass is 15.1. The number of H-pyrrole nitrogens is 1. The van der Waals surface area contributed by atoms with E-state index in [9.17, 15) is 0 Å². The molecule has 0 aliphatic carbocycles. The van der Waals surface area contributed by atoms with Gasteiger partial charge in [0.15, 0.2) is 0 Å². The summed E-state index contributed by atoms with van der Waals surface area (Å²) < 4.78 is 0. The van der Waals surface area contributed by atoms with E-state index >= 15 is 0 Å². The van der Waals surface area contributed by atoms with E-state index in [0.717, 1.165) is 19.5 Å². The minimum absolute atomic E-state index is 0.987. The first kappa shape index (κ1) is 6.61. The molecule has 0 bridgehead atoms. The summed E-state index contributed by atoms with van der Waals surface area (Å²) in [6.45, 7) is 2.07. The Morgan fingerprint density at radius 1 is 1.45 bits per heavy atom. The van der Waals surface area contributed by atoms with Crippen LogP contribution in [-0.4, -0.2) is 23.3 Å². The third kappa shape index (κ3) is 1.33. The number of aromatic amines is 1. The molecule has 0 aromatic carbocycles. The summed E-state index contributed by atoms with van der Waals surface area (Å²) in [5, 5.41) is 10.00. The fraction of sp³-hybridized carbons (Fsp3) is 0.375. The average Bonchev–Trinajstić information content (AvgIpc) is 2.58. The smallest absolute Gasteiger partial charge is 0.0562 e. The van der Waals surface area contributed by atoms with Crippen molar-refractivity contribution in [1.29, 1.82) is 0 Å². The van der Waals surface area contributed by atoms with Crippen LogP contribution in [0.4, 0.5) is 0 Å². The zero-order valence-corrected chi connectivity index (χ0v) is 6.30. The first-order valence-corrected chi connectivity index (χ1v) is 3.86. The molecule has 2 rings (SSSR count). The largest absolute Gasteiger partial charge is 0.313 e. The molecule has 58 valence electrons. The van der Waals surface area contributed by atoms with Gasteiger partial charge in [0.2, 0.25) is 0 Å². The fourth-order valence-electron chi connectivity index (χ4n) is 1.31. The van der Waals surface area contributed by atoms with Gasteiger partial charge in [-0.3, -0.25) is 5.10 Å². The Bertz CT molecular complexity index is 248. The van der Waals surface area contributed by atoms with Crippen LogP contribution in [-0.2, 0) is 0 Å². The van der Waals surface area contributed by atoms with Crippen LogP contribution in [0.15, 0.2) is 18.5 Å². The quantitative estimate of drug-likeness (QED) is 0.619. The third-order valence-corrected chi connectivity index (χ3v) is 1.93. The Morgan fingerprint density at radius 3 is 3.09 bits per heavy atom. The third-order valence-electron chi connectivity index (χ3n) is 1.93. The molecule has 0 saturated carbocycles. The van der Waals surface area contributed by atoms with Gasteiger partial charge in [-0.1, -0.05) is 6.08 Å². The van der Waals surface area contributed by atoms with E-state index in [1.54, 1.807) is 0 Å². The fourth-order valence-corrected chi connectivity index (χ4v) is 1.31. The number of nitrogens with one attached hydrogen (secondary N) is 2. The van der Waals surface area contributed by atoms with Crippen molar-refractivity contribution >= 4 is 5.57 Å². The molecule has 3 heteroatoms. The number of hydrogen-bond acceptors (Lipinski definition) is 2. The van der Waals surface area contributed by atoms with E-state index in [4.69, 9.17) is 0 Å². The molecule has 0 atom stereocenters. The van der Waals surface area contributed by atoms with Crippen molar-refractivity contribution in [1.82, 2.24) is 15.5 Å². The topological polar surface area (TPSA) is 40.7 Å². The van der Waals surface area contributed by atoms with E-state index in [0.29, 0.717) is 0 Å². The Labute approximate surface area is 65.5 Å². The highest BCUT2D eigenvalue weighted by Gasteiger charge is 2.05. The van der Waals surface area contributed by atoms with Crippen molar-refractivity contribution in [2.75, 3.05) is 13.1 Å². The molecular weight excluding hydrogens is 138 g/mol. The molecule has 1 aliphatic heterocycles. The van der Waals surface area contributed by atoms with Gasteiger partial charge in [-0.2, -0.15) is 5.10 Å². The molecule has 0 unspecified atom stereocenters. The summed E-state index contributed by atoms with van der Waals surface area (Å²) >= 11 is 0. The van der Waals surface area contributed by atoms with Crippen molar-refractivity contribution in [3.05, 3.63) is 24.0 Å². The Morgan fingerprint density at radius 2 is 2.45 bits per heavy atom. The molecule has 11 heavy (non-hydrogen) atoms. The lowest BCUT2D eigenvalue weighted by atomic mass is 10.0. The van der Waals surface area contributed by atoms with Gasteiger partial charge in [-0.15, -0.1) is 0 Å². The normalized spacial score (nSPS) is 18.0. The first-order chi connectivity index (χ1) is 5.47. The van der Waals surface area contributed by atoms with Crippen LogP contribution in [0.5, 0.6) is 0 Å². The van der Waals surface area contributed by atoms with Crippen molar-refractivity contribution in [2.24, 2.45) is 0 Å². The van der Waals surface area contributed by atoms with Crippen LogP contribution in [0, 0.1) is 0 Å². The lowest BCUT2D eigenvalue weighted by Gasteiger charge is -2.11. The molecule has 0 spiro atoms. The van der Waals surface area contributed by atoms with Gasteiger partial charge < -0.3 is 5.32 Å². The van der Waals surface area contributed by atoms with Gasteiger partial charge in [0.1, 0.15) is 0 Å². The van der Waals surface area contributed by atoms with E-state index in [1.807, 2.05) is 12.4 Å². The zero-order chi connectivity index (χ0) is 7.52. The Hall–Kier alpha value is -1.09. The van der Waals surface area contributed by atoms with Crippen molar-refractivity contribution in [3.63, 3.8) is 0 Å². The lowest BCUT2D eigenvalue weighted by Crippen LogP contribution is -2.19. The van der Waals surface area contributed by atoms with Gasteiger partial charge >= 0.3 is 0 Å². The van der Waals surface area contributed by atoms with E-state index in [1.165, 1.54) is 11.1 Å². The number of rotatable bonds is 1. The summed E-state index contributed by atoms with van der Waals surface area (Å²) in [7, 11) is 0. The minimum atomic E-state index is 0.987. The first-order valence-electron chi connectivity index (χ1n) is 3.86. The summed E-state index contributed by atoms with van der Waals surface area (Å²) in [6, 6.07) is 0. The molecule has 0 amide bonds. The molecule has 0 saturated heterocycles. The molecular formula is C8H11N3. The van der Waals surface area contributed by atoms with Crippen molar-refractivity contribution < 1.29 is 0 Å². The van der Waals surface area contributed by atoms with Crippen LogP contribution in [0.2, 0.25) is 0 Å². The zero-order valence-electron chi connectivity index (χ0n) is 6.30. The molecule has 3 nitrogen and oxygen atoms in total. The van der Waals surface area contributed by atoms with Crippen LogP contribution in [0.25, 0.3) is 5.57 Å². The second-order valence-electron chi connectivity index (χ2n) is 2.67. The van der Waals surface area contributed by atoms with E-state index in [-0.39, 0.29) is 0 Å². The van der Waals surface area contributed by atoms with Crippen LogP contribution in [0.3, 0.4) is 0 Å². The Balaban J connectivity index is 2.22. The molecule has 1 aliphatic rings. The van der Waals surface area contributed by atoms with Gasteiger partial charge in [0.25, 0.3) is 0 Å². The Kier molecular flexibility index (Phi) is 1.73. The predicted octanol–water partition coefficient (Wildman–Crippen LogP) is 0.786. The molecule has 1 aromatic rings. The molecule has 0 radical (unpaired) electrons. The van der Waals surface area contributed by atoms with Crippen LogP contribution >= 0.6 is 0 Å². The maximum Gasteiger partial charge on any atom is 0.0562 e. The van der Waals surface area contributed by atoms with Crippen molar-refractivity contribution in [3.8, 4) is 0 Å². The van der Waals surface area contributed by atoms with Gasteiger partial charge in [0, 0.05) is 18.3 Å². The maximum absolute atomic E-state index is 3.91. The second kappa shape index (κ2) is 2.88. The highest BCUT2D eigenvalue weighted by molar-refractivity contribution is 5.65. The van der Waals surface area contributed by atoms with Crippen LogP contribution in [0.1, 0.15) is 12.0 Å². The maximum atomic E-state index is 3.91. The van der Waals surface area contributed by atoms with Crippen LogP contribution < -0.4 is 5.32 Å². The van der Waals surface area contributed by atoms with E-state index < -0.39 is 0 Å². The average molecular weight is 149 g/mol. The van der Waals surface area contributed by atoms with Crippen molar-refractivity contribution in [2.45, 2.75) is 6.42 Å². The summed E-state index contributed by atoms with van der Waals surface area (Å²) in [6.07, 6.45) is 7.14. The lowest BCUT2D eigenvalue weighted by molar-refractivity contribution is 0.738. The van der Waals surface area contributed by atoms with E-state index in [2.05, 4.69) is 21.6 Å². The number of aromatic nitrogens is 2. The monoisotopic (exact) mass is 149 g/mol. The summed E-state index contributed by atoms with van der Waals surface area (Å²) in [5.74, 6) is 0. The molecule has 1 aromatic heterocycles. The molecule has 2 heterocycles. The van der Waals surface area contributed by atoms with Gasteiger partial charge in [-0.25, -0.2) is 0 Å². The number of hydrogen-bond donors (Lipinski definition) is 2. The molecule has 2 N–H and O–H groups in total. The summed E-state index contributed by atoms with van der Waals surface area (Å²) in [4.78, 5) is 0. The standard InChI is InChI=1S/C8H11N3/c1-3-9-4-2-7(1)8-5-10-11-6-8/h1,5-6,9H,2-4H2,(H,10,11).